The van der Waals surface area contributed by atoms with Gasteiger partial charge in [0.25, 0.3) is 5.91 Å². The van der Waals surface area contributed by atoms with E-state index in [0.717, 1.165) is 19.3 Å². The summed E-state index contributed by atoms with van der Waals surface area (Å²) < 4.78 is 18.4. The smallest absolute Gasteiger partial charge is 0.341 e. The summed E-state index contributed by atoms with van der Waals surface area (Å²) in [5, 5.41) is 0. The molecule has 1 amide bonds. The number of halogens is 1. The largest absolute Gasteiger partial charge is 0.452 e. The van der Waals surface area contributed by atoms with Crippen LogP contribution in [0.4, 0.5) is 4.39 Å². The molecule has 1 aliphatic heterocycles. The lowest BCUT2D eigenvalue weighted by Crippen LogP contribution is -2.49. The third-order valence-corrected chi connectivity index (χ3v) is 3.90. The minimum Gasteiger partial charge on any atom is -0.452 e. The van der Waals surface area contributed by atoms with Gasteiger partial charge in [0.1, 0.15) is 5.82 Å². The Kier molecular flexibility index (Phi) is 4.94. The van der Waals surface area contributed by atoms with Crippen LogP contribution in [-0.2, 0) is 9.53 Å². The van der Waals surface area contributed by atoms with E-state index in [1.165, 1.54) is 18.2 Å². The van der Waals surface area contributed by atoms with Gasteiger partial charge < -0.3 is 9.64 Å². The first-order chi connectivity index (χ1) is 10.0. The van der Waals surface area contributed by atoms with E-state index in [9.17, 15) is 14.0 Å². The van der Waals surface area contributed by atoms with Gasteiger partial charge in [-0.3, -0.25) is 4.79 Å². The van der Waals surface area contributed by atoms with E-state index < -0.39 is 11.8 Å². The van der Waals surface area contributed by atoms with Gasteiger partial charge in [-0.15, -0.1) is 0 Å². The molecule has 1 aromatic carbocycles. The molecule has 1 fully saturated rings. The van der Waals surface area contributed by atoms with Crippen molar-refractivity contribution in [2.24, 2.45) is 0 Å². The first-order valence-electron chi connectivity index (χ1n) is 7.23. The molecule has 0 saturated carbocycles. The van der Waals surface area contributed by atoms with Crippen molar-refractivity contribution in [3.63, 3.8) is 0 Å². The molecule has 2 rings (SSSR count). The fraction of sp³-hybridized carbons (Fsp3) is 0.500. The second-order valence-electron chi connectivity index (χ2n) is 5.49. The normalized spacial score (nSPS) is 22.0. The van der Waals surface area contributed by atoms with Crippen molar-refractivity contribution < 1.29 is 18.7 Å². The standard InChI is InChI=1S/C16H20FNO3/c1-11-6-5-7-12(2)18(11)15(19)10-21-16(20)13-8-3-4-9-14(13)17/h3-4,8-9,11-12H,5-7,10H2,1-2H3/t11-,12+. The van der Waals surface area contributed by atoms with Gasteiger partial charge in [-0.1, -0.05) is 12.1 Å². The topological polar surface area (TPSA) is 46.6 Å². The van der Waals surface area contributed by atoms with E-state index in [2.05, 4.69) is 0 Å². The molecule has 1 saturated heterocycles. The van der Waals surface area contributed by atoms with Crippen molar-refractivity contribution in [3.8, 4) is 0 Å². The Hall–Kier alpha value is -1.91. The van der Waals surface area contributed by atoms with Crippen molar-refractivity contribution >= 4 is 11.9 Å². The van der Waals surface area contributed by atoms with Crippen molar-refractivity contribution in [2.75, 3.05) is 6.61 Å². The zero-order chi connectivity index (χ0) is 15.4. The first-order valence-corrected chi connectivity index (χ1v) is 7.23. The number of nitrogens with zero attached hydrogens (tertiary/aromatic N) is 1. The quantitative estimate of drug-likeness (QED) is 0.805. The van der Waals surface area contributed by atoms with Gasteiger partial charge in [-0.2, -0.15) is 0 Å². The molecule has 0 aliphatic carbocycles. The molecule has 1 heterocycles. The lowest BCUT2D eigenvalue weighted by molar-refractivity contribution is -0.140. The molecule has 0 spiro atoms. The maximum Gasteiger partial charge on any atom is 0.341 e. The van der Waals surface area contributed by atoms with Crippen LogP contribution in [0.15, 0.2) is 24.3 Å². The van der Waals surface area contributed by atoms with Gasteiger partial charge in [0.15, 0.2) is 6.61 Å². The van der Waals surface area contributed by atoms with E-state index in [4.69, 9.17) is 4.74 Å². The molecule has 114 valence electrons. The number of esters is 1. The number of likely N-dealkylation sites (tertiary alicyclic amines) is 1. The minimum atomic E-state index is -0.807. The minimum absolute atomic E-state index is 0.147. The summed E-state index contributed by atoms with van der Waals surface area (Å²) in [5.41, 5.74) is -0.148. The number of benzene rings is 1. The Labute approximate surface area is 123 Å². The van der Waals surface area contributed by atoms with Crippen molar-refractivity contribution in [3.05, 3.63) is 35.6 Å². The molecular formula is C16H20FNO3. The van der Waals surface area contributed by atoms with E-state index in [1.807, 2.05) is 13.8 Å². The molecule has 0 N–H and O–H groups in total. The summed E-state index contributed by atoms with van der Waals surface area (Å²) in [6.45, 7) is 3.64. The average Bonchev–Trinajstić information content (AvgIpc) is 2.45. The molecule has 0 aromatic heterocycles. The number of carbonyl (C=O) groups is 2. The summed E-state index contributed by atoms with van der Waals surface area (Å²) >= 11 is 0. The zero-order valence-electron chi connectivity index (χ0n) is 12.3. The Morgan fingerprint density at radius 2 is 1.86 bits per heavy atom. The van der Waals surface area contributed by atoms with Gasteiger partial charge in [-0.05, 0) is 45.2 Å². The van der Waals surface area contributed by atoms with Crippen molar-refractivity contribution in [1.29, 1.82) is 0 Å². The van der Waals surface area contributed by atoms with Gasteiger partial charge in [0.2, 0.25) is 0 Å². The number of carbonyl (C=O) groups excluding carboxylic acids is 2. The number of amides is 1. The molecule has 0 unspecified atom stereocenters. The number of rotatable bonds is 3. The zero-order valence-corrected chi connectivity index (χ0v) is 12.3. The van der Waals surface area contributed by atoms with Crippen LogP contribution in [0, 0.1) is 5.82 Å². The number of ether oxygens (including phenoxy) is 1. The predicted octanol–water partition coefficient (Wildman–Crippen LogP) is 2.77. The van der Waals surface area contributed by atoms with Gasteiger partial charge >= 0.3 is 5.97 Å². The van der Waals surface area contributed by atoms with Crippen LogP contribution < -0.4 is 0 Å². The molecule has 1 aliphatic rings. The number of hydrogen-bond acceptors (Lipinski definition) is 3. The summed E-state index contributed by atoms with van der Waals surface area (Å²) in [6, 6.07) is 5.87. The van der Waals surface area contributed by atoms with E-state index in [-0.39, 0.29) is 30.2 Å². The van der Waals surface area contributed by atoms with Crippen LogP contribution in [0.3, 0.4) is 0 Å². The Balaban J connectivity index is 1.95. The maximum absolute atomic E-state index is 13.4. The third-order valence-electron chi connectivity index (χ3n) is 3.90. The SMILES string of the molecule is C[C@@H]1CCC[C@H](C)N1C(=O)COC(=O)c1ccccc1F. The fourth-order valence-corrected chi connectivity index (χ4v) is 2.82. The highest BCUT2D eigenvalue weighted by Gasteiger charge is 2.29. The molecule has 2 atom stereocenters. The highest BCUT2D eigenvalue weighted by molar-refractivity contribution is 5.91. The average molecular weight is 293 g/mol. The number of piperidine rings is 1. The monoisotopic (exact) mass is 293 g/mol. The van der Waals surface area contributed by atoms with E-state index in [0.29, 0.717) is 0 Å². The molecule has 4 nitrogen and oxygen atoms in total. The van der Waals surface area contributed by atoms with Crippen molar-refractivity contribution in [2.45, 2.75) is 45.2 Å². The predicted molar refractivity (Wildman–Crippen MR) is 76.3 cm³/mol. The first kappa shape index (κ1) is 15.5. The molecule has 5 heteroatoms. The summed E-state index contributed by atoms with van der Waals surface area (Å²) in [4.78, 5) is 25.7. The van der Waals surface area contributed by atoms with Crippen LogP contribution in [0.5, 0.6) is 0 Å². The lowest BCUT2D eigenvalue weighted by Gasteiger charge is -2.38. The molecule has 1 aromatic rings. The summed E-state index contributed by atoms with van der Waals surface area (Å²) in [7, 11) is 0. The van der Waals surface area contributed by atoms with Crippen LogP contribution in [-0.4, -0.2) is 35.5 Å². The molecule has 21 heavy (non-hydrogen) atoms. The van der Waals surface area contributed by atoms with E-state index >= 15 is 0 Å². The highest BCUT2D eigenvalue weighted by atomic mass is 19.1. The Morgan fingerprint density at radius 1 is 1.24 bits per heavy atom. The Bertz CT molecular complexity index is 522. The van der Waals surface area contributed by atoms with Crippen molar-refractivity contribution in [1.82, 2.24) is 4.90 Å². The van der Waals surface area contributed by atoms with Gasteiger partial charge in [0, 0.05) is 12.1 Å². The lowest BCUT2D eigenvalue weighted by atomic mass is 9.97. The molecule has 0 radical (unpaired) electrons. The third kappa shape index (κ3) is 3.60. The van der Waals surface area contributed by atoms with Gasteiger partial charge in [0.05, 0.1) is 5.56 Å². The molecular weight excluding hydrogens is 273 g/mol. The number of hydrogen-bond donors (Lipinski definition) is 0. The second kappa shape index (κ2) is 6.70. The fourth-order valence-electron chi connectivity index (χ4n) is 2.82. The van der Waals surface area contributed by atoms with Crippen LogP contribution in [0.1, 0.15) is 43.5 Å². The maximum atomic E-state index is 13.4. The van der Waals surface area contributed by atoms with Crippen LogP contribution in [0.2, 0.25) is 0 Å². The summed E-state index contributed by atoms with van der Waals surface area (Å²) in [6.07, 6.45) is 3.01. The van der Waals surface area contributed by atoms with Gasteiger partial charge in [-0.25, -0.2) is 9.18 Å². The summed E-state index contributed by atoms with van der Waals surface area (Å²) in [5.74, 6) is -1.67. The van der Waals surface area contributed by atoms with E-state index in [1.54, 1.807) is 11.0 Å². The Morgan fingerprint density at radius 3 is 2.48 bits per heavy atom. The van der Waals surface area contributed by atoms with Crippen LogP contribution in [0.25, 0.3) is 0 Å². The van der Waals surface area contributed by atoms with Crippen LogP contribution >= 0.6 is 0 Å². The second-order valence-corrected chi connectivity index (χ2v) is 5.49. The highest BCUT2D eigenvalue weighted by Crippen LogP contribution is 2.22. The molecule has 0 bridgehead atoms.